The molecule has 2 fully saturated rings. The van der Waals surface area contributed by atoms with Crippen LogP contribution >= 0.6 is 0 Å². The van der Waals surface area contributed by atoms with E-state index in [4.69, 9.17) is 0 Å². The van der Waals surface area contributed by atoms with E-state index in [-0.39, 0.29) is 5.66 Å². The molecule has 2 aromatic rings. The highest BCUT2D eigenvalue weighted by molar-refractivity contribution is 5.31. The first-order chi connectivity index (χ1) is 11.3. The minimum Gasteiger partial charge on any atom is -0.290 e. The van der Waals surface area contributed by atoms with Crippen LogP contribution in [0.25, 0.3) is 0 Å². The number of hydrogen-bond donors (Lipinski definition) is 2. The van der Waals surface area contributed by atoms with Gasteiger partial charge in [-0.15, -0.1) is 0 Å². The van der Waals surface area contributed by atoms with Crippen molar-refractivity contribution in [2.24, 2.45) is 5.92 Å². The Morgan fingerprint density at radius 1 is 0.870 bits per heavy atom. The molecular formula is C21H26N2. The van der Waals surface area contributed by atoms with Gasteiger partial charge in [0.05, 0.1) is 17.7 Å². The Labute approximate surface area is 139 Å². The maximum absolute atomic E-state index is 3.98. The van der Waals surface area contributed by atoms with Gasteiger partial charge in [0.15, 0.2) is 0 Å². The fraction of sp³-hybridized carbons (Fsp3) is 0.429. The maximum Gasteiger partial charge on any atom is 0.0700 e. The van der Waals surface area contributed by atoms with Gasteiger partial charge in [-0.05, 0) is 36.3 Å². The summed E-state index contributed by atoms with van der Waals surface area (Å²) >= 11 is 0. The van der Waals surface area contributed by atoms with Gasteiger partial charge in [-0.25, -0.2) is 0 Å². The molecule has 1 aliphatic carbocycles. The summed E-state index contributed by atoms with van der Waals surface area (Å²) in [5.74, 6) is 0.848. The maximum atomic E-state index is 3.98. The zero-order chi connectivity index (χ0) is 15.7. The Bertz CT molecular complexity index is 590. The van der Waals surface area contributed by atoms with Crippen LogP contribution in [0.1, 0.15) is 55.8 Å². The van der Waals surface area contributed by atoms with E-state index in [0.29, 0.717) is 12.1 Å². The van der Waals surface area contributed by atoms with E-state index in [1.807, 2.05) is 0 Å². The van der Waals surface area contributed by atoms with Gasteiger partial charge in [-0.3, -0.25) is 10.6 Å². The molecule has 1 saturated carbocycles. The Balaban J connectivity index is 1.67. The smallest absolute Gasteiger partial charge is 0.0700 e. The standard InChI is InChI=1S/C21H26N2/c1-2-16-13-14-21(15-16)22-19(17-9-5-3-6-10-17)20(23-21)18-11-7-4-8-12-18/h3-12,16,19-20,22-23H,2,13-15H2,1H3/t16-,19-,20-/m1/s1. The third kappa shape index (κ3) is 2.82. The molecule has 2 aliphatic rings. The molecule has 120 valence electrons. The molecule has 0 amide bonds. The molecule has 0 unspecified atom stereocenters. The first-order valence-electron chi connectivity index (χ1n) is 8.95. The van der Waals surface area contributed by atoms with Crippen LogP contribution < -0.4 is 10.6 Å². The highest BCUT2D eigenvalue weighted by Gasteiger charge is 2.48. The average Bonchev–Trinajstić information content (AvgIpc) is 3.21. The molecule has 3 atom stereocenters. The summed E-state index contributed by atoms with van der Waals surface area (Å²) in [4.78, 5) is 0. The monoisotopic (exact) mass is 306 g/mol. The molecule has 2 N–H and O–H groups in total. The van der Waals surface area contributed by atoms with E-state index < -0.39 is 0 Å². The number of benzene rings is 2. The summed E-state index contributed by atoms with van der Waals surface area (Å²) in [5.41, 5.74) is 2.87. The van der Waals surface area contributed by atoms with Crippen molar-refractivity contribution in [1.82, 2.24) is 10.6 Å². The molecule has 2 nitrogen and oxygen atoms in total. The van der Waals surface area contributed by atoms with E-state index >= 15 is 0 Å². The first-order valence-corrected chi connectivity index (χ1v) is 8.95. The lowest BCUT2D eigenvalue weighted by molar-refractivity contribution is 0.311. The zero-order valence-electron chi connectivity index (χ0n) is 13.8. The van der Waals surface area contributed by atoms with Crippen molar-refractivity contribution < 1.29 is 0 Å². The largest absolute Gasteiger partial charge is 0.290 e. The van der Waals surface area contributed by atoms with Crippen molar-refractivity contribution in [2.45, 2.75) is 50.4 Å². The van der Waals surface area contributed by atoms with Crippen LogP contribution in [-0.2, 0) is 0 Å². The van der Waals surface area contributed by atoms with E-state index in [9.17, 15) is 0 Å². The fourth-order valence-corrected chi connectivity index (χ4v) is 4.43. The number of nitrogens with one attached hydrogen (secondary N) is 2. The highest BCUT2D eigenvalue weighted by Crippen LogP contribution is 2.45. The third-order valence-electron chi connectivity index (χ3n) is 5.71. The minimum atomic E-state index is 0.113. The van der Waals surface area contributed by atoms with Gasteiger partial charge in [-0.2, -0.15) is 0 Å². The summed E-state index contributed by atoms with van der Waals surface area (Å²) in [6.45, 7) is 2.32. The second-order valence-electron chi connectivity index (χ2n) is 7.16. The predicted molar refractivity (Wildman–Crippen MR) is 95.0 cm³/mol. The fourth-order valence-electron chi connectivity index (χ4n) is 4.43. The summed E-state index contributed by atoms with van der Waals surface area (Å²) < 4.78 is 0. The number of hydrogen-bond acceptors (Lipinski definition) is 2. The molecule has 1 aliphatic heterocycles. The molecular weight excluding hydrogens is 280 g/mol. The molecule has 0 radical (unpaired) electrons. The van der Waals surface area contributed by atoms with Crippen LogP contribution in [0.3, 0.4) is 0 Å². The van der Waals surface area contributed by atoms with Gasteiger partial charge in [0.2, 0.25) is 0 Å². The Morgan fingerprint density at radius 2 is 1.39 bits per heavy atom. The molecule has 0 bridgehead atoms. The summed E-state index contributed by atoms with van der Waals surface area (Å²) in [5, 5.41) is 7.97. The van der Waals surface area contributed by atoms with Gasteiger partial charge >= 0.3 is 0 Å². The molecule has 1 spiro atoms. The summed E-state index contributed by atoms with van der Waals surface area (Å²) in [6.07, 6.45) is 5.10. The first kappa shape index (κ1) is 14.9. The molecule has 2 aromatic carbocycles. The van der Waals surface area contributed by atoms with Crippen LogP contribution in [0.15, 0.2) is 60.7 Å². The minimum absolute atomic E-state index is 0.113. The van der Waals surface area contributed by atoms with Crippen molar-refractivity contribution in [3.63, 3.8) is 0 Å². The molecule has 0 aromatic heterocycles. The molecule has 4 rings (SSSR count). The SMILES string of the molecule is CC[C@@H]1CCC2(C1)N[C@H](c1ccccc1)[C@@H](c1ccccc1)N2. The Hall–Kier alpha value is -1.64. The zero-order valence-corrected chi connectivity index (χ0v) is 13.8. The normalized spacial score (nSPS) is 29.2. The van der Waals surface area contributed by atoms with Gasteiger partial charge in [0.1, 0.15) is 0 Å². The third-order valence-corrected chi connectivity index (χ3v) is 5.71. The molecule has 1 heterocycles. The summed E-state index contributed by atoms with van der Waals surface area (Å²) in [7, 11) is 0. The second kappa shape index (κ2) is 6.10. The van der Waals surface area contributed by atoms with Crippen molar-refractivity contribution in [3.05, 3.63) is 71.8 Å². The van der Waals surface area contributed by atoms with Crippen LogP contribution in [0.2, 0.25) is 0 Å². The van der Waals surface area contributed by atoms with Crippen LogP contribution in [0, 0.1) is 5.92 Å². The Kier molecular flexibility index (Phi) is 3.96. The quantitative estimate of drug-likeness (QED) is 0.868. The van der Waals surface area contributed by atoms with Gasteiger partial charge < -0.3 is 0 Å². The van der Waals surface area contributed by atoms with E-state index in [2.05, 4.69) is 78.2 Å². The second-order valence-corrected chi connectivity index (χ2v) is 7.16. The summed E-state index contributed by atoms with van der Waals surface area (Å²) in [6, 6.07) is 22.5. The van der Waals surface area contributed by atoms with Gasteiger partial charge in [0.25, 0.3) is 0 Å². The van der Waals surface area contributed by atoms with Crippen LogP contribution in [0.5, 0.6) is 0 Å². The Morgan fingerprint density at radius 3 is 1.83 bits per heavy atom. The highest BCUT2D eigenvalue weighted by atomic mass is 15.3. The average molecular weight is 306 g/mol. The lowest BCUT2D eigenvalue weighted by atomic mass is 9.95. The molecule has 23 heavy (non-hydrogen) atoms. The van der Waals surface area contributed by atoms with Crippen molar-refractivity contribution >= 4 is 0 Å². The van der Waals surface area contributed by atoms with Crippen molar-refractivity contribution in [3.8, 4) is 0 Å². The van der Waals surface area contributed by atoms with Crippen molar-refractivity contribution in [2.75, 3.05) is 0 Å². The topological polar surface area (TPSA) is 24.1 Å². The van der Waals surface area contributed by atoms with Crippen LogP contribution in [-0.4, -0.2) is 5.66 Å². The number of rotatable bonds is 3. The van der Waals surface area contributed by atoms with E-state index in [0.717, 1.165) is 5.92 Å². The van der Waals surface area contributed by atoms with Crippen LogP contribution in [0.4, 0.5) is 0 Å². The van der Waals surface area contributed by atoms with E-state index in [1.165, 1.54) is 36.8 Å². The van der Waals surface area contributed by atoms with Gasteiger partial charge in [0, 0.05) is 0 Å². The van der Waals surface area contributed by atoms with E-state index in [1.54, 1.807) is 0 Å². The lowest BCUT2D eigenvalue weighted by Crippen LogP contribution is -2.47. The van der Waals surface area contributed by atoms with Gasteiger partial charge in [-0.1, -0.05) is 74.0 Å². The van der Waals surface area contributed by atoms with Crippen molar-refractivity contribution in [1.29, 1.82) is 0 Å². The predicted octanol–water partition coefficient (Wildman–Crippen LogP) is 4.57. The molecule has 2 heteroatoms. The lowest BCUT2D eigenvalue weighted by Gasteiger charge is -2.26. The molecule has 1 saturated heterocycles.